The van der Waals surface area contributed by atoms with Gasteiger partial charge in [-0.15, -0.1) is 0 Å². The lowest BCUT2D eigenvalue weighted by molar-refractivity contribution is 0.687. The Hall–Kier alpha value is -2.10. The van der Waals surface area contributed by atoms with Crippen molar-refractivity contribution in [3.8, 4) is 0 Å². The van der Waals surface area contributed by atoms with E-state index in [1.807, 2.05) is 18.2 Å². The first-order chi connectivity index (χ1) is 9.13. The van der Waals surface area contributed by atoms with Gasteiger partial charge >= 0.3 is 0 Å². The summed E-state index contributed by atoms with van der Waals surface area (Å²) in [7, 11) is 0. The maximum absolute atomic E-state index is 4.23. The van der Waals surface area contributed by atoms with Crippen LogP contribution in [0.15, 0.2) is 36.7 Å². The minimum Gasteiger partial charge on any atom is -0.370 e. The third-order valence-electron chi connectivity index (χ3n) is 2.65. The summed E-state index contributed by atoms with van der Waals surface area (Å²) in [6, 6.07) is 10.1. The number of nitrogens with one attached hydrogen (secondary N) is 2. The Morgan fingerprint density at radius 3 is 2.63 bits per heavy atom. The van der Waals surface area contributed by atoms with Crippen LogP contribution in [0.3, 0.4) is 0 Å². The van der Waals surface area contributed by atoms with Gasteiger partial charge in [0.25, 0.3) is 0 Å². The van der Waals surface area contributed by atoms with Crippen LogP contribution in [0.5, 0.6) is 0 Å². The fourth-order valence-corrected chi connectivity index (χ4v) is 1.70. The molecule has 100 valence electrons. The molecule has 1 aromatic heterocycles. The third kappa shape index (κ3) is 4.25. The van der Waals surface area contributed by atoms with Gasteiger partial charge in [-0.25, -0.2) is 9.97 Å². The lowest BCUT2D eigenvalue weighted by atomic mass is 10.2. The molecule has 0 bridgehead atoms. The van der Waals surface area contributed by atoms with E-state index in [-0.39, 0.29) is 0 Å². The first-order valence-corrected chi connectivity index (χ1v) is 6.53. The van der Waals surface area contributed by atoms with Crippen LogP contribution < -0.4 is 10.6 Å². The van der Waals surface area contributed by atoms with Gasteiger partial charge in [0.2, 0.25) is 0 Å². The molecular weight excluding hydrogens is 236 g/mol. The van der Waals surface area contributed by atoms with E-state index in [0.717, 1.165) is 23.9 Å². The molecule has 19 heavy (non-hydrogen) atoms. The molecule has 0 amide bonds. The molecule has 1 heterocycles. The van der Waals surface area contributed by atoms with Crippen molar-refractivity contribution in [2.24, 2.45) is 5.92 Å². The number of nitrogens with zero attached hydrogens (tertiary/aromatic N) is 2. The summed E-state index contributed by atoms with van der Waals surface area (Å²) in [5.74, 6) is 2.23. The first kappa shape index (κ1) is 13.3. The fourth-order valence-electron chi connectivity index (χ4n) is 1.70. The predicted molar refractivity (Wildman–Crippen MR) is 79.8 cm³/mol. The van der Waals surface area contributed by atoms with Gasteiger partial charge in [-0.1, -0.05) is 26.0 Å². The summed E-state index contributed by atoms with van der Waals surface area (Å²) in [6.07, 6.45) is 1.57. The topological polar surface area (TPSA) is 49.8 Å². The van der Waals surface area contributed by atoms with Gasteiger partial charge in [0.1, 0.15) is 18.0 Å². The normalized spacial score (nSPS) is 10.5. The van der Waals surface area contributed by atoms with Crippen molar-refractivity contribution in [3.63, 3.8) is 0 Å². The Kier molecular flexibility index (Phi) is 4.34. The Balaban J connectivity index is 2.06. The third-order valence-corrected chi connectivity index (χ3v) is 2.65. The second-order valence-corrected chi connectivity index (χ2v) is 5.06. The summed E-state index contributed by atoms with van der Waals surface area (Å²) in [6.45, 7) is 7.31. The number of anilines is 3. The van der Waals surface area contributed by atoms with Crippen LogP contribution in [0, 0.1) is 12.8 Å². The molecule has 4 nitrogen and oxygen atoms in total. The quantitative estimate of drug-likeness (QED) is 0.858. The molecule has 0 saturated heterocycles. The predicted octanol–water partition coefficient (Wildman–Crippen LogP) is 3.60. The summed E-state index contributed by atoms with van der Waals surface area (Å²) in [5.41, 5.74) is 2.26. The number of hydrogen-bond acceptors (Lipinski definition) is 4. The van der Waals surface area contributed by atoms with Gasteiger partial charge in [0, 0.05) is 18.3 Å². The lowest BCUT2D eigenvalue weighted by Gasteiger charge is -2.10. The molecule has 2 N–H and O–H groups in total. The highest BCUT2D eigenvalue weighted by Gasteiger charge is 2.00. The number of aryl methyl sites for hydroxylation is 1. The monoisotopic (exact) mass is 256 g/mol. The summed E-state index contributed by atoms with van der Waals surface area (Å²) >= 11 is 0. The van der Waals surface area contributed by atoms with Gasteiger partial charge in [0.15, 0.2) is 0 Å². The van der Waals surface area contributed by atoms with E-state index in [0.29, 0.717) is 5.92 Å². The molecule has 0 atom stereocenters. The van der Waals surface area contributed by atoms with Crippen molar-refractivity contribution in [1.82, 2.24) is 9.97 Å². The van der Waals surface area contributed by atoms with Crippen molar-refractivity contribution in [1.29, 1.82) is 0 Å². The van der Waals surface area contributed by atoms with Crippen molar-refractivity contribution in [2.75, 3.05) is 17.2 Å². The highest BCUT2D eigenvalue weighted by Crippen LogP contribution is 2.17. The Bertz CT molecular complexity index is 537. The molecular formula is C15H20N4. The number of benzene rings is 1. The van der Waals surface area contributed by atoms with E-state index < -0.39 is 0 Å². The van der Waals surface area contributed by atoms with Crippen LogP contribution in [0.25, 0.3) is 0 Å². The molecule has 1 aromatic carbocycles. The van der Waals surface area contributed by atoms with E-state index in [4.69, 9.17) is 0 Å². The zero-order chi connectivity index (χ0) is 13.7. The molecule has 4 heteroatoms. The molecule has 0 fully saturated rings. The van der Waals surface area contributed by atoms with Gasteiger partial charge < -0.3 is 10.6 Å². The van der Waals surface area contributed by atoms with E-state index in [1.54, 1.807) is 6.33 Å². The van der Waals surface area contributed by atoms with Gasteiger partial charge in [-0.05, 0) is 30.5 Å². The Labute approximate surface area is 114 Å². The summed E-state index contributed by atoms with van der Waals surface area (Å²) in [4.78, 5) is 8.44. The van der Waals surface area contributed by atoms with Gasteiger partial charge in [-0.2, -0.15) is 0 Å². The van der Waals surface area contributed by atoms with E-state index in [1.165, 1.54) is 5.56 Å². The Morgan fingerprint density at radius 2 is 1.89 bits per heavy atom. The van der Waals surface area contributed by atoms with Gasteiger partial charge in [-0.3, -0.25) is 0 Å². The van der Waals surface area contributed by atoms with Crippen molar-refractivity contribution in [2.45, 2.75) is 20.8 Å². The molecule has 0 saturated carbocycles. The van der Waals surface area contributed by atoms with Crippen molar-refractivity contribution in [3.05, 3.63) is 42.2 Å². The minimum absolute atomic E-state index is 0.586. The molecule has 0 unspecified atom stereocenters. The summed E-state index contributed by atoms with van der Waals surface area (Å²) < 4.78 is 0. The van der Waals surface area contributed by atoms with Crippen molar-refractivity contribution >= 4 is 17.3 Å². The van der Waals surface area contributed by atoms with Crippen LogP contribution in [0.2, 0.25) is 0 Å². The van der Waals surface area contributed by atoms with E-state index in [2.05, 4.69) is 53.5 Å². The first-order valence-electron chi connectivity index (χ1n) is 6.53. The molecule has 0 spiro atoms. The highest BCUT2D eigenvalue weighted by molar-refractivity contribution is 5.59. The lowest BCUT2D eigenvalue weighted by Crippen LogP contribution is -2.09. The molecule has 0 radical (unpaired) electrons. The van der Waals surface area contributed by atoms with Crippen LogP contribution in [0.4, 0.5) is 17.3 Å². The van der Waals surface area contributed by atoms with Crippen molar-refractivity contribution < 1.29 is 0 Å². The molecule has 0 aliphatic rings. The SMILES string of the molecule is Cc1cccc(Nc2cc(NCC(C)C)ncn2)c1. The summed E-state index contributed by atoms with van der Waals surface area (Å²) in [5, 5.41) is 6.57. The highest BCUT2D eigenvalue weighted by atomic mass is 15.1. The second-order valence-electron chi connectivity index (χ2n) is 5.06. The molecule has 0 aliphatic heterocycles. The number of rotatable bonds is 5. The smallest absolute Gasteiger partial charge is 0.135 e. The number of hydrogen-bond donors (Lipinski definition) is 2. The molecule has 2 aromatic rings. The van der Waals surface area contributed by atoms with Crippen LogP contribution in [0.1, 0.15) is 19.4 Å². The Morgan fingerprint density at radius 1 is 1.11 bits per heavy atom. The van der Waals surface area contributed by atoms with E-state index in [9.17, 15) is 0 Å². The molecule has 0 aliphatic carbocycles. The van der Waals surface area contributed by atoms with Crippen LogP contribution in [-0.2, 0) is 0 Å². The molecule has 2 rings (SSSR count). The maximum atomic E-state index is 4.23. The van der Waals surface area contributed by atoms with Crippen LogP contribution in [-0.4, -0.2) is 16.5 Å². The maximum Gasteiger partial charge on any atom is 0.135 e. The van der Waals surface area contributed by atoms with Crippen LogP contribution >= 0.6 is 0 Å². The zero-order valence-corrected chi connectivity index (χ0v) is 11.6. The minimum atomic E-state index is 0.586. The zero-order valence-electron chi connectivity index (χ0n) is 11.6. The number of aromatic nitrogens is 2. The largest absolute Gasteiger partial charge is 0.370 e. The second kappa shape index (κ2) is 6.18. The standard InChI is InChI=1S/C15H20N4/c1-11(2)9-16-14-8-15(18-10-17-14)19-13-6-4-5-12(3)7-13/h4-8,10-11H,9H2,1-3H3,(H2,16,17,18,19). The van der Waals surface area contributed by atoms with Gasteiger partial charge in [0.05, 0.1) is 0 Å². The fraction of sp³-hybridized carbons (Fsp3) is 0.333. The average molecular weight is 256 g/mol. The average Bonchev–Trinajstić information content (AvgIpc) is 2.37. The van der Waals surface area contributed by atoms with E-state index >= 15 is 0 Å².